The van der Waals surface area contributed by atoms with Gasteiger partial charge in [0.25, 0.3) is 0 Å². The molecule has 0 atom stereocenters. The Kier molecular flexibility index (Phi) is 4.78. The van der Waals surface area contributed by atoms with Crippen LogP contribution in [0.4, 0.5) is 0 Å². The van der Waals surface area contributed by atoms with Gasteiger partial charge in [-0.1, -0.05) is 6.92 Å². The van der Waals surface area contributed by atoms with Crippen molar-refractivity contribution in [2.75, 3.05) is 0 Å². The third-order valence-corrected chi connectivity index (χ3v) is 2.35. The number of carbonyl (C=O) groups is 1. The standard InChI is InChI=1S/C10H18N4O2/c1-2-5-13-7-8-14(10(13)16)6-3-4-9(15)12-11/h7-8H,2-6,11H2,1H3,(H,12,15). The number of nitrogens with two attached hydrogens (primary N) is 1. The molecule has 6 heteroatoms. The van der Waals surface area contributed by atoms with Crippen LogP contribution < -0.4 is 17.0 Å². The molecule has 0 saturated heterocycles. The Bertz CT molecular complexity index is 394. The second kappa shape index (κ2) is 6.12. The van der Waals surface area contributed by atoms with Crippen LogP contribution in [-0.4, -0.2) is 15.0 Å². The summed E-state index contributed by atoms with van der Waals surface area (Å²) >= 11 is 0. The fraction of sp³-hybridized carbons (Fsp3) is 0.600. The Hall–Kier alpha value is -1.56. The number of hydrogen-bond donors (Lipinski definition) is 2. The van der Waals surface area contributed by atoms with Gasteiger partial charge in [0.2, 0.25) is 5.91 Å². The minimum atomic E-state index is -0.207. The van der Waals surface area contributed by atoms with E-state index in [2.05, 4.69) is 5.43 Å². The molecule has 0 saturated carbocycles. The van der Waals surface area contributed by atoms with E-state index < -0.39 is 0 Å². The molecule has 90 valence electrons. The maximum absolute atomic E-state index is 11.7. The number of hydrogen-bond acceptors (Lipinski definition) is 3. The summed E-state index contributed by atoms with van der Waals surface area (Å²) in [5, 5.41) is 0. The lowest BCUT2D eigenvalue weighted by Gasteiger charge is -2.01. The molecule has 3 N–H and O–H groups in total. The molecule has 16 heavy (non-hydrogen) atoms. The molecule has 6 nitrogen and oxygen atoms in total. The van der Waals surface area contributed by atoms with Crippen LogP contribution in [0.1, 0.15) is 26.2 Å². The van der Waals surface area contributed by atoms with Crippen LogP contribution in [0.15, 0.2) is 17.2 Å². The summed E-state index contributed by atoms with van der Waals surface area (Å²) in [7, 11) is 0. The van der Waals surface area contributed by atoms with Crippen LogP contribution in [-0.2, 0) is 17.9 Å². The van der Waals surface area contributed by atoms with E-state index in [1.54, 1.807) is 21.5 Å². The summed E-state index contributed by atoms with van der Waals surface area (Å²) in [6.07, 6.45) is 5.40. The molecule has 0 fully saturated rings. The van der Waals surface area contributed by atoms with Gasteiger partial charge in [-0.25, -0.2) is 10.6 Å². The van der Waals surface area contributed by atoms with E-state index >= 15 is 0 Å². The van der Waals surface area contributed by atoms with Crippen molar-refractivity contribution in [2.24, 2.45) is 5.84 Å². The zero-order valence-electron chi connectivity index (χ0n) is 9.48. The summed E-state index contributed by atoms with van der Waals surface area (Å²) < 4.78 is 3.28. The van der Waals surface area contributed by atoms with Gasteiger partial charge in [-0.3, -0.25) is 19.4 Å². The molecule has 0 aromatic carbocycles. The first-order chi connectivity index (χ1) is 7.69. The zero-order chi connectivity index (χ0) is 12.0. The van der Waals surface area contributed by atoms with Gasteiger partial charge in [-0.05, 0) is 12.8 Å². The SMILES string of the molecule is CCCn1ccn(CCCC(=O)NN)c1=O. The van der Waals surface area contributed by atoms with Crippen molar-refractivity contribution < 1.29 is 4.79 Å². The van der Waals surface area contributed by atoms with E-state index in [0.29, 0.717) is 19.4 Å². The van der Waals surface area contributed by atoms with Gasteiger partial charge < -0.3 is 0 Å². The molecule has 1 heterocycles. The van der Waals surface area contributed by atoms with Crippen LogP contribution in [0.5, 0.6) is 0 Å². The van der Waals surface area contributed by atoms with E-state index in [0.717, 1.165) is 13.0 Å². The quantitative estimate of drug-likeness (QED) is 0.401. The summed E-state index contributed by atoms with van der Waals surface area (Å²) in [5.41, 5.74) is 2.04. The second-order valence-corrected chi connectivity index (χ2v) is 3.64. The fourth-order valence-corrected chi connectivity index (χ4v) is 1.52. The average Bonchev–Trinajstić information content (AvgIpc) is 2.62. The number of nitrogens with zero attached hydrogens (tertiary/aromatic N) is 2. The highest BCUT2D eigenvalue weighted by Gasteiger charge is 2.03. The number of nitrogens with one attached hydrogen (secondary N) is 1. The zero-order valence-corrected chi connectivity index (χ0v) is 9.48. The van der Waals surface area contributed by atoms with Crippen molar-refractivity contribution in [3.8, 4) is 0 Å². The number of aromatic nitrogens is 2. The fourth-order valence-electron chi connectivity index (χ4n) is 1.52. The Morgan fingerprint density at radius 2 is 2.00 bits per heavy atom. The Balaban J connectivity index is 2.48. The largest absolute Gasteiger partial charge is 0.328 e. The molecule has 0 aliphatic carbocycles. The van der Waals surface area contributed by atoms with Crippen molar-refractivity contribution in [3.05, 3.63) is 22.9 Å². The molecule has 1 rings (SSSR count). The Morgan fingerprint density at radius 3 is 2.56 bits per heavy atom. The summed E-state index contributed by atoms with van der Waals surface area (Å²) in [4.78, 5) is 22.6. The van der Waals surface area contributed by atoms with E-state index in [4.69, 9.17) is 5.84 Å². The van der Waals surface area contributed by atoms with E-state index in [1.165, 1.54) is 0 Å². The first kappa shape index (κ1) is 12.5. The highest BCUT2D eigenvalue weighted by molar-refractivity contribution is 5.74. The summed E-state index contributed by atoms with van der Waals surface area (Å²) in [5.74, 6) is 4.75. The van der Waals surface area contributed by atoms with Crippen molar-refractivity contribution in [2.45, 2.75) is 39.3 Å². The van der Waals surface area contributed by atoms with Crippen LogP contribution in [0.2, 0.25) is 0 Å². The highest BCUT2D eigenvalue weighted by Crippen LogP contribution is 1.94. The van der Waals surface area contributed by atoms with Gasteiger partial charge in [-0.2, -0.15) is 0 Å². The number of carbonyl (C=O) groups excluding carboxylic acids is 1. The van der Waals surface area contributed by atoms with Crippen molar-refractivity contribution >= 4 is 5.91 Å². The van der Waals surface area contributed by atoms with Crippen molar-refractivity contribution in [1.29, 1.82) is 0 Å². The number of hydrazine groups is 1. The molecule has 0 spiro atoms. The van der Waals surface area contributed by atoms with Gasteiger partial charge in [0, 0.05) is 31.9 Å². The summed E-state index contributed by atoms with van der Waals surface area (Å²) in [6, 6.07) is 0. The number of rotatable bonds is 6. The molecule has 0 radical (unpaired) electrons. The molecule has 0 bridgehead atoms. The van der Waals surface area contributed by atoms with Crippen LogP contribution >= 0.6 is 0 Å². The predicted octanol–water partition coefficient (Wildman–Crippen LogP) is -0.170. The number of amides is 1. The third-order valence-electron chi connectivity index (χ3n) is 2.35. The smallest absolute Gasteiger partial charge is 0.299 e. The third kappa shape index (κ3) is 3.23. The molecule has 1 aromatic rings. The van der Waals surface area contributed by atoms with E-state index in [9.17, 15) is 9.59 Å². The molecular weight excluding hydrogens is 208 g/mol. The number of aryl methyl sites for hydroxylation is 2. The topological polar surface area (TPSA) is 82.1 Å². The molecule has 0 aliphatic rings. The maximum Gasteiger partial charge on any atom is 0.328 e. The van der Waals surface area contributed by atoms with Gasteiger partial charge in [-0.15, -0.1) is 0 Å². The van der Waals surface area contributed by atoms with Gasteiger partial charge >= 0.3 is 5.69 Å². The molecular formula is C10H18N4O2. The Labute approximate surface area is 94.0 Å². The maximum atomic E-state index is 11.7. The highest BCUT2D eigenvalue weighted by atomic mass is 16.2. The number of imidazole rings is 1. The lowest BCUT2D eigenvalue weighted by Crippen LogP contribution is -2.30. The molecule has 0 aliphatic heterocycles. The van der Waals surface area contributed by atoms with Gasteiger partial charge in [0.05, 0.1) is 0 Å². The molecule has 1 aromatic heterocycles. The summed E-state index contributed by atoms with van der Waals surface area (Å²) in [6.45, 7) is 3.30. The van der Waals surface area contributed by atoms with Crippen LogP contribution in [0.25, 0.3) is 0 Å². The predicted molar refractivity (Wildman–Crippen MR) is 60.5 cm³/mol. The van der Waals surface area contributed by atoms with Gasteiger partial charge in [0.15, 0.2) is 0 Å². The minimum Gasteiger partial charge on any atom is -0.299 e. The molecule has 1 amide bonds. The van der Waals surface area contributed by atoms with Crippen LogP contribution in [0.3, 0.4) is 0 Å². The average molecular weight is 226 g/mol. The normalized spacial score (nSPS) is 10.4. The van der Waals surface area contributed by atoms with Crippen LogP contribution in [0, 0.1) is 0 Å². The Morgan fingerprint density at radius 1 is 1.38 bits per heavy atom. The second-order valence-electron chi connectivity index (χ2n) is 3.64. The monoisotopic (exact) mass is 226 g/mol. The lowest BCUT2D eigenvalue weighted by atomic mass is 10.3. The van der Waals surface area contributed by atoms with E-state index in [-0.39, 0.29) is 11.6 Å². The lowest BCUT2D eigenvalue weighted by molar-refractivity contribution is -0.121. The van der Waals surface area contributed by atoms with Crippen molar-refractivity contribution in [3.63, 3.8) is 0 Å². The molecule has 0 unspecified atom stereocenters. The van der Waals surface area contributed by atoms with E-state index in [1.807, 2.05) is 6.92 Å². The van der Waals surface area contributed by atoms with Gasteiger partial charge in [0.1, 0.15) is 0 Å². The first-order valence-corrected chi connectivity index (χ1v) is 5.44. The minimum absolute atomic E-state index is 0.0185. The first-order valence-electron chi connectivity index (χ1n) is 5.44. The van der Waals surface area contributed by atoms with Crippen molar-refractivity contribution in [1.82, 2.24) is 14.6 Å².